The van der Waals surface area contributed by atoms with Crippen molar-refractivity contribution in [2.75, 3.05) is 5.32 Å². The summed E-state index contributed by atoms with van der Waals surface area (Å²) in [6, 6.07) is 4.19. The van der Waals surface area contributed by atoms with E-state index in [2.05, 4.69) is 10.6 Å². The first-order valence-electron chi connectivity index (χ1n) is 5.45. The van der Waals surface area contributed by atoms with Crippen LogP contribution in [0, 0.1) is 0 Å². The van der Waals surface area contributed by atoms with E-state index in [1.165, 1.54) is 0 Å². The maximum Gasteiger partial charge on any atom is 0.246 e. The van der Waals surface area contributed by atoms with Gasteiger partial charge < -0.3 is 20.8 Å². The highest BCUT2D eigenvalue weighted by molar-refractivity contribution is 5.95. The van der Waals surface area contributed by atoms with Gasteiger partial charge in [0, 0.05) is 5.69 Å². The third-order valence-corrected chi connectivity index (χ3v) is 2.40. The summed E-state index contributed by atoms with van der Waals surface area (Å²) in [5, 5.41) is 23.0. The summed E-state index contributed by atoms with van der Waals surface area (Å²) < 4.78 is 0. The number of carbonyl (C=O) groups excluding carboxylic acids is 2. The Morgan fingerprint density at radius 2 is 1.83 bits per heavy atom. The van der Waals surface area contributed by atoms with Crippen molar-refractivity contribution in [3.05, 3.63) is 29.3 Å². The van der Waals surface area contributed by atoms with Gasteiger partial charge in [-0.25, -0.2) is 0 Å². The third kappa shape index (κ3) is 3.83. The number of aliphatic hydroxyl groups is 2. The molecule has 0 aliphatic carbocycles. The summed E-state index contributed by atoms with van der Waals surface area (Å²) in [6.45, 7) is 1.18. The number of aliphatic hydroxyl groups excluding tert-OH is 2. The minimum atomic E-state index is -0.655. The van der Waals surface area contributed by atoms with Crippen molar-refractivity contribution in [1.29, 1.82) is 0 Å². The van der Waals surface area contributed by atoms with Crippen molar-refractivity contribution in [2.24, 2.45) is 0 Å². The van der Waals surface area contributed by atoms with Gasteiger partial charge in [-0.15, -0.1) is 0 Å². The van der Waals surface area contributed by atoms with Gasteiger partial charge in [-0.2, -0.15) is 0 Å². The van der Waals surface area contributed by atoms with E-state index in [1.54, 1.807) is 25.1 Å². The molecule has 0 bridgehead atoms. The average Bonchev–Trinajstić information content (AvgIpc) is 2.38. The Labute approximate surface area is 105 Å². The molecule has 0 saturated heterocycles. The molecule has 98 valence electrons. The number of anilines is 1. The monoisotopic (exact) mass is 252 g/mol. The molecule has 0 aliphatic heterocycles. The van der Waals surface area contributed by atoms with Gasteiger partial charge in [0.15, 0.2) is 0 Å². The Morgan fingerprint density at radius 1 is 1.28 bits per heavy atom. The second-order valence-corrected chi connectivity index (χ2v) is 3.85. The Bertz CT molecular complexity index is 412. The molecule has 1 aromatic carbocycles. The highest BCUT2D eigenvalue weighted by Gasteiger charge is 2.12. The van der Waals surface area contributed by atoms with E-state index >= 15 is 0 Å². The minimum absolute atomic E-state index is 0.182. The van der Waals surface area contributed by atoms with Crippen molar-refractivity contribution < 1.29 is 19.8 Å². The zero-order valence-electron chi connectivity index (χ0n) is 10.0. The van der Waals surface area contributed by atoms with Crippen LogP contribution in [0.4, 0.5) is 5.69 Å². The SMILES string of the molecule is CC(NC=O)C(=O)Nc1cc(CO)cc(CO)c1. The molecule has 1 rings (SSSR count). The van der Waals surface area contributed by atoms with Crippen molar-refractivity contribution in [1.82, 2.24) is 5.32 Å². The second-order valence-electron chi connectivity index (χ2n) is 3.85. The molecule has 0 spiro atoms. The van der Waals surface area contributed by atoms with Crippen LogP contribution in [0.3, 0.4) is 0 Å². The van der Waals surface area contributed by atoms with Gasteiger partial charge in [-0.3, -0.25) is 9.59 Å². The molecule has 18 heavy (non-hydrogen) atoms. The standard InChI is InChI=1S/C12H16N2O4/c1-8(13-7-17)12(18)14-11-3-9(5-15)2-10(4-11)6-16/h2-4,7-8,15-16H,5-6H2,1H3,(H,13,17)(H,14,18). The normalized spacial score (nSPS) is 11.7. The first-order valence-corrected chi connectivity index (χ1v) is 5.45. The largest absolute Gasteiger partial charge is 0.392 e. The fourth-order valence-corrected chi connectivity index (χ4v) is 1.45. The highest BCUT2D eigenvalue weighted by atomic mass is 16.3. The summed E-state index contributed by atoms with van der Waals surface area (Å²) in [6.07, 6.45) is 0.452. The smallest absolute Gasteiger partial charge is 0.246 e. The highest BCUT2D eigenvalue weighted by Crippen LogP contribution is 2.15. The Hall–Kier alpha value is -1.92. The lowest BCUT2D eigenvalue weighted by Gasteiger charge is -2.12. The topological polar surface area (TPSA) is 98.7 Å². The zero-order chi connectivity index (χ0) is 13.5. The molecule has 0 radical (unpaired) electrons. The van der Waals surface area contributed by atoms with Crippen LogP contribution in [-0.4, -0.2) is 28.6 Å². The predicted octanol–water partition coefficient (Wildman–Crippen LogP) is -0.256. The number of carbonyl (C=O) groups is 2. The van der Waals surface area contributed by atoms with E-state index in [0.717, 1.165) is 0 Å². The molecule has 1 aromatic rings. The second kappa shape index (κ2) is 6.73. The number of hydrogen-bond acceptors (Lipinski definition) is 4. The van der Waals surface area contributed by atoms with Crippen LogP contribution in [0.5, 0.6) is 0 Å². The van der Waals surface area contributed by atoms with Gasteiger partial charge in [0.05, 0.1) is 13.2 Å². The van der Waals surface area contributed by atoms with Gasteiger partial charge in [-0.05, 0) is 30.2 Å². The molecule has 1 unspecified atom stereocenters. The van der Waals surface area contributed by atoms with Crippen molar-refractivity contribution >= 4 is 18.0 Å². The molecule has 0 heterocycles. The lowest BCUT2D eigenvalue weighted by Crippen LogP contribution is -2.37. The van der Waals surface area contributed by atoms with Crippen LogP contribution in [-0.2, 0) is 22.8 Å². The summed E-state index contributed by atoms with van der Waals surface area (Å²) in [7, 11) is 0. The van der Waals surface area contributed by atoms with Crippen LogP contribution in [0.1, 0.15) is 18.1 Å². The van der Waals surface area contributed by atoms with Crippen LogP contribution < -0.4 is 10.6 Å². The molecule has 0 fully saturated rings. The molecule has 0 saturated carbocycles. The Kier molecular flexibility index (Phi) is 5.29. The molecule has 0 aliphatic rings. The number of hydrogen-bond donors (Lipinski definition) is 4. The third-order valence-electron chi connectivity index (χ3n) is 2.40. The minimum Gasteiger partial charge on any atom is -0.392 e. The van der Waals surface area contributed by atoms with Gasteiger partial charge in [0.25, 0.3) is 0 Å². The molecule has 6 heteroatoms. The molecule has 0 aromatic heterocycles. The first kappa shape index (κ1) is 14.1. The van der Waals surface area contributed by atoms with Crippen LogP contribution in [0.15, 0.2) is 18.2 Å². The molecular formula is C12H16N2O4. The molecule has 6 nitrogen and oxygen atoms in total. The van der Waals surface area contributed by atoms with E-state index in [0.29, 0.717) is 23.2 Å². The Morgan fingerprint density at radius 3 is 2.28 bits per heavy atom. The van der Waals surface area contributed by atoms with Crippen LogP contribution in [0.25, 0.3) is 0 Å². The number of benzene rings is 1. The fourth-order valence-electron chi connectivity index (χ4n) is 1.45. The lowest BCUT2D eigenvalue weighted by atomic mass is 10.1. The van der Waals surface area contributed by atoms with E-state index in [4.69, 9.17) is 10.2 Å². The summed E-state index contributed by atoms with van der Waals surface area (Å²) >= 11 is 0. The number of nitrogens with one attached hydrogen (secondary N) is 2. The quantitative estimate of drug-likeness (QED) is 0.524. The predicted molar refractivity (Wildman–Crippen MR) is 65.6 cm³/mol. The van der Waals surface area contributed by atoms with E-state index in [9.17, 15) is 9.59 Å². The van der Waals surface area contributed by atoms with Gasteiger partial charge in [0.2, 0.25) is 12.3 Å². The zero-order valence-corrected chi connectivity index (χ0v) is 10.0. The van der Waals surface area contributed by atoms with E-state index in [-0.39, 0.29) is 19.1 Å². The Balaban J connectivity index is 2.83. The average molecular weight is 252 g/mol. The van der Waals surface area contributed by atoms with Crippen molar-refractivity contribution in [2.45, 2.75) is 26.2 Å². The van der Waals surface area contributed by atoms with E-state index in [1.807, 2.05) is 0 Å². The van der Waals surface area contributed by atoms with Crippen molar-refractivity contribution in [3.63, 3.8) is 0 Å². The summed E-state index contributed by atoms with van der Waals surface area (Å²) in [5.41, 5.74) is 1.65. The van der Waals surface area contributed by atoms with Crippen molar-refractivity contribution in [3.8, 4) is 0 Å². The summed E-state index contributed by atoms with van der Waals surface area (Å²) in [5.74, 6) is -0.374. The fraction of sp³-hybridized carbons (Fsp3) is 0.333. The van der Waals surface area contributed by atoms with Gasteiger partial charge in [0.1, 0.15) is 6.04 Å². The first-order chi connectivity index (χ1) is 8.60. The van der Waals surface area contributed by atoms with E-state index < -0.39 is 6.04 Å². The molecule has 2 amide bonds. The summed E-state index contributed by atoms with van der Waals surface area (Å²) in [4.78, 5) is 21.9. The maximum atomic E-state index is 11.6. The van der Waals surface area contributed by atoms with Crippen LogP contribution >= 0.6 is 0 Å². The van der Waals surface area contributed by atoms with Gasteiger partial charge >= 0.3 is 0 Å². The molecule has 1 atom stereocenters. The molecular weight excluding hydrogens is 236 g/mol. The molecule has 4 N–H and O–H groups in total. The maximum absolute atomic E-state index is 11.6. The number of rotatable bonds is 6. The van der Waals surface area contributed by atoms with Gasteiger partial charge in [-0.1, -0.05) is 6.07 Å². The lowest BCUT2D eigenvalue weighted by molar-refractivity contribution is -0.120. The van der Waals surface area contributed by atoms with Crippen LogP contribution in [0.2, 0.25) is 0 Å². The number of amides is 2.